The Kier molecular flexibility index (Phi) is 6.94. The number of hydrogen-bond acceptors (Lipinski definition) is 2. The molecule has 0 bridgehead atoms. The van der Waals surface area contributed by atoms with Gasteiger partial charge in [-0.05, 0) is 19.3 Å². The van der Waals surface area contributed by atoms with Crippen molar-refractivity contribution in [3.8, 4) is 0 Å². The van der Waals surface area contributed by atoms with E-state index in [0.29, 0.717) is 0 Å². The molecular formula is C13H20O4. The lowest BCUT2D eigenvalue weighted by molar-refractivity contribution is -0.164. The molecule has 2 N–H and O–H groups in total. The van der Waals surface area contributed by atoms with Gasteiger partial charge >= 0.3 is 11.9 Å². The van der Waals surface area contributed by atoms with E-state index in [0.717, 1.165) is 19.3 Å². The van der Waals surface area contributed by atoms with Gasteiger partial charge in [0.1, 0.15) is 0 Å². The van der Waals surface area contributed by atoms with Crippen molar-refractivity contribution in [1.82, 2.24) is 0 Å². The number of allylic oxidation sites excluding steroid dienone is 3. The van der Waals surface area contributed by atoms with Gasteiger partial charge in [0.25, 0.3) is 0 Å². The van der Waals surface area contributed by atoms with E-state index in [2.05, 4.69) is 13.5 Å². The first-order chi connectivity index (χ1) is 8.01. The van der Waals surface area contributed by atoms with Crippen molar-refractivity contribution in [2.75, 3.05) is 0 Å². The Hall–Kier alpha value is -1.58. The summed E-state index contributed by atoms with van der Waals surface area (Å²) in [5.41, 5.74) is -1.77. The molecule has 0 atom stereocenters. The van der Waals surface area contributed by atoms with Crippen molar-refractivity contribution in [3.05, 3.63) is 24.8 Å². The molecule has 4 nitrogen and oxygen atoms in total. The summed E-state index contributed by atoms with van der Waals surface area (Å²) in [5.74, 6) is -2.63. The van der Waals surface area contributed by atoms with Gasteiger partial charge in [0, 0.05) is 0 Å². The smallest absolute Gasteiger partial charge is 0.321 e. The topological polar surface area (TPSA) is 74.6 Å². The molecule has 4 heteroatoms. The summed E-state index contributed by atoms with van der Waals surface area (Å²) in [5, 5.41) is 18.1. The lowest BCUT2D eigenvalue weighted by atomic mass is 9.81. The first-order valence-corrected chi connectivity index (χ1v) is 5.74. The zero-order chi connectivity index (χ0) is 13.3. The van der Waals surface area contributed by atoms with Crippen LogP contribution in [0.2, 0.25) is 0 Å². The van der Waals surface area contributed by atoms with E-state index >= 15 is 0 Å². The van der Waals surface area contributed by atoms with Crippen LogP contribution in [-0.2, 0) is 9.59 Å². The zero-order valence-electron chi connectivity index (χ0n) is 10.2. The molecule has 0 saturated carbocycles. The van der Waals surface area contributed by atoms with Crippen molar-refractivity contribution < 1.29 is 19.8 Å². The largest absolute Gasteiger partial charge is 0.480 e. The summed E-state index contributed by atoms with van der Waals surface area (Å²) in [7, 11) is 0. The number of rotatable bonds is 9. The van der Waals surface area contributed by atoms with Crippen molar-refractivity contribution >= 4 is 11.9 Å². The average Bonchev–Trinajstić information content (AvgIpc) is 2.26. The van der Waals surface area contributed by atoms with Crippen LogP contribution in [0.25, 0.3) is 0 Å². The number of hydrogen-bond donors (Lipinski definition) is 2. The van der Waals surface area contributed by atoms with Gasteiger partial charge in [0.05, 0.1) is 0 Å². The Labute approximate surface area is 102 Å². The Morgan fingerprint density at radius 3 is 2.18 bits per heavy atom. The molecule has 0 aromatic heterocycles. The van der Waals surface area contributed by atoms with Crippen molar-refractivity contribution in [2.24, 2.45) is 5.41 Å². The Bertz CT molecular complexity index is 291. The van der Waals surface area contributed by atoms with E-state index in [4.69, 9.17) is 10.2 Å². The zero-order valence-corrected chi connectivity index (χ0v) is 10.2. The number of carboxylic acid groups (broad SMARTS) is 2. The van der Waals surface area contributed by atoms with Crippen molar-refractivity contribution in [2.45, 2.75) is 39.0 Å². The maximum atomic E-state index is 11.1. The predicted molar refractivity (Wildman–Crippen MR) is 65.8 cm³/mol. The Morgan fingerprint density at radius 1 is 1.18 bits per heavy atom. The molecule has 0 aromatic carbocycles. The van der Waals surface area contributed by atoms with Crippen LogP contribution in [0.4, 0.5) is 0 Å². The fourth-order valence-corrected chi connectivity index (χ4v) is 1.49. The van der Waals surface area contributed by atoms with E-state index < -0.39 is 17.4 Å². The maximum Gasteiger partial charge on any atom is 0.321 e. The molecule has 0 aliphatic carbocycles. The highest BCUT2D eigenvalue weighted by molar-refractivity contribution is 5.98. The second-order valence-electron chi connectivity index (χ2n) is 4.00. The second kappa shape index (κ2) is 7.65. The van der Waals surface area contributed by atoms with Crippen LogP contribution < -0.4 is 0 Å². The molecule has 0 heterocycles. The summed E-state index contributed by atoms with van der Waals surface area (Å²) in [6, 6.07) is 0. The van der Waals surface area contributed by atoms with Gasteiger partial charge in [-0.2, -0.15) is 0 Å². The average molecular weight is 240 g/mol. The van der Waals surface area contributed by atoms with E-state index in [1.165, 1.54) is 6.08 Å². The van der Waals surface area contributed by atoms with Gasteiger partial charge in [-0.25, -0.2) is 0 Å². The van der Waals surface area contributed by atoms with Crippen LogP contribution in [0.5, 0.6) is 0 Å². The highest BCUT2D eigenvalue weighted by Gasteiger charge is 2.44. The molecule has 0 rings (SSSR count). The fourth-order valence-electron chi connectivity index (χ4n) is 1.49. The third kappa shape index (κ3) is 4.43. The number of carbonyl (C=O) groups is 2. The second-order valence-corrected chi connectivity index (χ2v) is 4.00. The molecule has 0 amide bonds. The highest BCUT2D eigenvalue weighted by Crippen LogP contribution is 2.29. The van der Waals surface area contributed by atoms with Crippen molar-refractivity contribution in [3.63, 3.8) is 0 Å². The summed E-state index contributed by atoms with van der Waals surface area (Å²) < 4.78 is 0. The van der Waals surface area contributed by atoms with Crippen LogP contribution in [0.15, 0.2) is 24.8 Å². The minimum atomic E-state index is -1.77. The summed E-state index contributed by atoms with van der Waals surface area (Å²) in [6.07, 6.45) is 7.66. The van der Waals surface area contributed by atoms with Gasteiger partial charge in [0.15, 0.2) is 5.41 Å². The standard InChI is InChI=1S/C13H20O4/c1-3-5-6-7-8-10-13(9-4-2,11(14)15)12(16)17/h4,7-8H,2-3,5-6,9-10H2,1H3,(H,14,15)(H,16,17)/b8-7+. The summed E-state index contributed by atoms with van der Waals surface area (Å²) >= 11 is 0. The molecule has 96 valence electrons. The monoisotopic (exact) mass is 240 g/mol. The number of unbranched alkanes of at least 4 members (excludes halogenated alkanes) is 2. The van der Waals surface area contributed by atoms with Crippen LogP contribution in [0.3, 0.4) is 0 Å². The molecule has 17 heavy (non-hydrogen) atoms. The number of carboxylic acids is 2. The molecule has 0 fully saturated rings. The highest BCUT2D eigenvalue weighted by atomic mass is 16.4. The lowest BCUT2D eigenvalue weighted by Gasteiger charge is -2.21. The Balaban J connectivity index is 4.69. The van der Waals surface area contributed by atoms with E-state index in [1.54, 1.807) is 6.08 Å². The van der Waals surface area contributed by atoms with E-state index in [1.807, 2.05) is 6.08 Å². The van der Waals surface area contributed by atoms with Gasteiger partial charge in [-0.3, -0.25) is 9.59 Å². The third-order valence-corrected chi connectivity index (χ3v) is 2.67. The van der Waals surface area contributed by atoms with Gasteiger partial charge in [-0.15, -0.1) is 6.58 Å². The molecule has 0 aliphatic heterocycles. The predicted octanol–water partition coefficient (Wildman–Crippen LogP) is 2.85. The number of aliphatic carboxylic acids is 2. The molecule has 0 aromatic rings. The third-order valence-electron chi connectivity index (χ3n) is 2.67. The van der Waals surface area contributed by atoms with Crippen LogP contribution in [0, 0.1) is 5.41 Å². The van der Waals surface area contributed by atoms with Crippen molar-refractivity contribution in [1.29, 1.82) is 0 Å². The van der Waals surface area contributed by atoms with Gasteiger partial charge < -0.3 is 10.2 Å². The molecule has 0 aliphatic rings. The minimum Gasteiger partial charge on any atom is -0.480 e. The Morgan fingerprint density at radius 2 is 1.76 bits per heavy atom. The first-order valence-electron chi connectivity index (χ1n) is 5.74. The van der Waals surface area contributed by atoms with Crippen LogP contribution in [-0.4, -0.2) is 22.2 Å². The molecule has 0 spiro atoms. The quantitative estimate of drug-likeness (QED) is 0.369. The van der Waals surface area contributed by atoms with Crippen LogP contribution >= 0.6 is 0 Å². The van der Waals surface area contributed by atoms with E-state index in [9.17, 15) is 9.59 Å². The maximum absolute atomic E-state index is 11.1. The minimum absolute atomic E-state index is 0.00655. The molecule has 0 unspecified atom stereocenters. The fraction of sp³-hybridized carbons (Fsp3) is 0.538. The van der Waals surface area contributed by atoms with E-state index in [-0.39, 0.29) is 12.8 Å². The first kappa shape index (κ1) is 15.4. The van der Waals surface area contributed by atoms with Gasteiger partial charge in [-0.1, -0.05) is 38.0 Å². The molecule has 0 saturated heterocycles. The summed E-state index contributed by atoms with van der Waals surface area (Å²) in [4.78, 5) is 22.2. The van der Waals surface area contributed by atoms with Gasteiger partial charge in [0.2, 0.25) is 0 Å². The summed E-state index contributed by atoms with van der Waals surface area (Å²) in [6.45, 7) is 5.48. The lowest BCUT2D eigenvalue weighted by Crippen LogP contribution is -2.38. The SMILES string of the molecule is C=CCC(C/C=C/CCCC)(C(=O)O)C(=O)O. The van der Waals surface area contributed by atoms with Crippen LogP contribution in [0.1, 0.15) is 39.0 Å². The molecule has 0 radical (unpaired) electrons. The normalized spacial score (nSPS) is 11.6. The molecular weight excluding hydrogens is 220 g/mol.